The molecule has 0 fully saturated rings. The van der Waals surface area contributed by atoms with E-state index in [1.54, 1.807) is 12.1 Å². The molecular weight excluding hydrogens is 261 g/mol. The lowest BCUT2D eigenvalue weighted by molar-refractivity contribution is 0.170. The summed E-state index contributed by atoms with van der Waals surface area (Å²) in [6, 6.07) is 4.73. The summed E-state index contributed by atoms with van der Waals surface area (Å²) in [5.41, 5.74) is 0.195. The summed E-state index contributed by atoms with van der Waals surface area (Å²) in [4.78, 5) is 0. The number of hydrogen-bond acceptors (Lipinski definition) is 2. The molecule has 4 heteroatoms. The second-order valence-corrected chi connectivity index (χ2v) is 5.22. The van der Waals surface area contributed by atoms with E-state index in [2.05, 4.69) is 21.2 Å². The van der Waals surface area contributed by atoms with Gasteiger partial charge < -0.3 is 10.4 Å². The van der Waals surface area contributed by atoms with Crippen LogP contribution in [0.15, 0.2) is 22.7 Å². The molecule has 0 aliphatic carbocycles. The highest BCUT2D eigenvalue weighted by molar-refractivity contribution is 9.10. The van der Waals surface area contributed by atoms with Crippen LogP contribution in [-0.2, 0) is 0 Å². The Kier molecular flexibility index (Phi) is 4.11. The number of aliphatic hydroxyl groups excluding tert-OH is 1. The van der Waals surface area contributed by atoms with Crippen molar-refractivity contribution >= 4 is 21.6 Å². The highest BCUT2D eigenvalue weighted by Gasteiger charge is 2.16. The Morgan fingerprint density at radius 1 is 1.47 bits per heavy atom. The average Bonchev–Trinajstić information content (AvgIpc) is 2.20. The van der Waals surface area contributed by atoms with Gasteiger partial charge in [0.25, 0.3) is 0 Å². The second-order valence-electron chi connectivity index (χ2n) is 4.30. The van der Waals surface area contributed by atoms with Crippen LogP contribution in [0.3, 0.4) is 0 Å². The molecule has 0 amide bonds. The third-order valence-electron chi connectivity index (χ3n) is 2.11. The predicted octanol–water partition coefficient (Wildman–Crippen LogP) is 3.02. The van der Waals surface area contributed by atoms with Crippen molar-refractivity contribution in [2.45, 2.75) is 13.8 Å². The van der Waals surface area contributed by atoms with Gasteiger partial charge in [-0.2, -0.15) is 0 Å². The normalized spacial score (nSPS) is 11.5. The zero-order valence-corrected chi connectivity index (χ0v) is 10.4. The molecule has 1 aromatic carbocycles. The Bertz CT molecular complexity index is 341. The lowest BCUT2D eigenvalue weighted by Gasteiger charge is -2.22. The molecule has 2 nitrogen and oxygen atoms in total. The van der Waals surface area contributed by atoms with Crippen LogP contribution in [0, 0.1) is 11.2 Å². The summed E-state index contributed by atoms with van der Waals surface area (Å²) in [7, 11) is 0. The maximum absolute atomic E-state index is 13.3. The molecule has 0 spiro atoms. The number of aliphatic hydroxyl groups is 1. The van der Waals surface area contributed by atoms with E-state index in [1.165, 1.54) is 6.07 Å². The van der Waals surface area contributed by atoms with Crippen LogP contribution in [0.25, 0.3) is 0 Å². The first-order chi connectivity index (χ1) is 6.94. The number of anilines is 1. The van der Waals surface area contributed by atoms with Gasteiger partial charge in [-0.05, 0) is 18.2 Å². The van der Waals surface area contributed by atoms with Crippen molar-refractivity contribution in [3.63, 3.8) is 0 Å². The van der Waals surface area contributed by atoms with Gasteiger partial charge in [-0.15, -0.1) is 0 Å². The summed E-state index contributed by atoms with van der Waals surface area (Å²) in [5.74, 6) is -0.285. The Morgan fingerprint density at radius 3 is 2.73 bits per heavy atom. The van der Waals surface area contributed by atoms with E-state index in [1.807, 2.05) is 13.8 Å². The molecule has 0 unspecified atom stereocenters. The number of halogens is 2. The predicted molar refractivity (Wildman–Crippen MR) is 63.5 cm³/mol. The first kappa shape index (κ1) is 12.5. The van der Waals surface area contributed by atoms with Crippen LogP contribution in [0.5, 0.6) is 0 Å². The fourth-order valence-electron chi connectivity index (χ4n) is 1.02. The van der Waals surface area contributed by atoms with Gasteiger partial charge in [0.05, 0.1) is 5.69 Å². The van der Waals surface area contributed by atoms with Crippen molar-refractivity contribution in [3.8, 4) is 0 Å². The maximum atomic E-state index is 13.3. The fraction of sp³-hybridized carbons (Fsp3) is 0.455. The van der Waals surface area contributed by atoms with Crippen molar-refractivity contribution in [1.82, 2.24) is 0 Å². The molecule has 0 aromatic heterocycles. The number of benzene rings is 1. The van der Waals surface area contributed by atoms with E-state index in [-0.39, 0.29) is 17.8 Å². The minimum absolute atomic E-state index is 0.0651. The molecule has 84 valence electrons. The summed E-state index contributed by atoms with van der Waals surface area (Å²) in [6.45, 7) is 4.41. The zero-order chi connectivity index (χ0) is 11.5. The van der Waals surface area contributed by atoms with Gasteiger partial charge in [-0.3, -0.25) is 0 Å². The van der Waals surface area contributed by atoms with Gasteiger partial charge in [-0.25, -0.2) is 4.39 Å². The van der Waals surface area contributed by atoms with Gasteiger partial charge in [0.15, 0.2) is 0 Å². The van der Waals surface area contributed by atoms with Crippen LogP contribution in [0.1, 0.15) is 13.8 Å². The van der Waals surface area contributed by atoms with E-state index < -0.39 is 0 Å². The van der Waals surface area contributed by atoms with Gasteiger partial charge >= 0.3 is 0 Å². The molecule has 15 heavy (non-hydrogen) atoms. The Morgan fingerprint density at radius 2 is 2.13 bits per heavy atom. The van der Waals surface area contributed by atoms with Crippen molar-refractivity contribution in [3.05, 3.63) is 28.5 Å². The van der Waals surface area contributed by atoms with E-state index in [9.17, 15) is 4.39 Å². The molecule has 0 aliphatic heterocycles. The quantitative estimate of drug-likeness (QED) is 0.886. The largest absolute Gasteiger partial charge is 0.396 e. The first-order valence-corrected chi connectivity index (χ1v) is 5.54. The van der Waals surface area contributed by atoms with E-state index in [0.29, 0.717) is 12.2 Å². The van der Waals surface area contributed by atoms with Crippen LogP contribution < -0.4 is 5.32 Å². The van der Waals surface area contributed by atoms with Crippen LogP contribution in [0.2, 0.25) is 0 Å². The van der Waals surface area contributed by atoms with E-state index in [0.717, 1.165) is 4.47 Å². The Labute approximate surface area is 97.6 Å². The SMILES string of the molecule is CC(C)(CO)CNc1cc(Br)ccc1F. The van der Waals surface area contributed by atoms with Gasteiger partial charge in [-0.1, -0.05) is 29.8 Å². The molecule has 0 saturated carbocycles. The van der Waals surface area contributed by atoms with Crippen LogP contribution in [0.4, 0.5) is 10.1 Å². The van der Waals surface area contributed by atoms with Gasteiger partial charge in [0.2, 0.25) is 0 Å². The highest BCUT2D eigenvalue weighted by atomic mass is 79.9. The summed E-state index contributed by atoms with van der Waals surface area (Å²) >= 11 is 3.28. The lowest BCUT2D eigenvalue weighted by atomic mass is 9.95. The molecule has 0 saturated heterocycles. The van der Waals surface area contributed by atoms with Crippen LogP contribution >= 0.6 is 15.9 Å². The smallest absolute Gasteiger partial charge is 0.146 e. The van der Waals surface area contributed by atoms with Crippen molar-refractivity contribution in [2.75, 3.05) is 18.5 Å². The van der Waals surface area contributed by atoms with Gasteiger partial charge in [0, 0.05) is 23.0 Å². The number of rotatable bonds is 4. The molecule has 2 N–H and O–H groups in total. The first-order valence-electron chi connectivity index (χ1n) is 4.74. The summed E-state index contributed by atoms with van der Waals surface area (Å²) in [5, 5.41) is 12.0. The van der Waals surface area contributed by atoms with Gasteiger partial charge in [0.1, 0.15) is 5.82 Å². The molecule has 0 atom stereocenters. The summed E-state index contributed by atoms with van der Waals surface area (Å²) in [6.07, 6.45) is 0. The van der Waals surface area contributed by atoms with Crippen LogP contribution in [-0.4, -0.2) is 18.3 Å². The maximum Gasteiger partial charge on any atom is 0.146 e. The topological polar surface area (TPSA) is 32.3 Å². The Balaban J connectivity index is 2.69. The lowest BCUT2D eigenvalue weighted by Crippen LogP contribution is -2.27. The number of nitrogens with one attached hydrogen (secondary N) is 1. The average molecular weight is 276 g/mol. The fourth-order valence-corrected chi connectivity index (χ4v) is 1.38. The summed E-state index contributed by atoms with van der Waals surface area (Å²) < 4.78 is 14.1. The third kappa shape index (κ3) is 3.80. The van der Waals surface area contributed by atoms with Crippen molar-refractivity contribution in [2.24, 2.45) is 5.41 Å². The molecule has 0 heterocycles. The minimum atomic E-state index is -0.285. The highest BCUT2D eigenvalue weighted by Crippen LogP contribution is 2.22. The second kappa shape index (κ2) is 4.94. The van der Waals surface area contributed by atoms with E-state index >= 15 is 0 Å². The van der Waals surface area contributed by atoms with Crippen molar-refractivity contribution < 1.29 is 9.50 Å². The molecule has 0 radical (unpaired) electrons. The molecule has 0 bridgehead atoms. The standard InChI is InChI=1S/C11H15BrFNO/c1-11(2,7-15)6-14-10-5-8(12)3-4-9(10)13/h3-5,14-15H,6-7H2,1-2H3. The van der Waals surface area contributed by atoms with E-state index in [4.69, 9.17) is 5.11 Å². The Hall–Kier alpha value is -0.610. The molecule has 1 aromatic rings. The number of hydrogen-bond donors (Lipinski definition) is 2. The monoisotopic (exact) mass is 275 g/mol. The minimum Gasteiger partial charge on any atom is -0.396 e. The molecule has 0 aliphatic rings. The van der Waals surface area contributed by atoms with Crippen molar-refractivity contribution in [1.29, 1.82) is 0 Å². The molecular formula is C11H15BrFNO. The molecule has 1 rings (SSSR count). The zero-order valence-electron chi connectivity index (χ0n) is 8.85. The third-order valence-corrected chi connectivity index (χ3v) is 2.61.